The maximum Gasteiger partial charge on any atom is 0.411 e. The molecule has 29 heavy (non-hydrogen) atoms. The highest BCUT2D eigenvalue weighted by molar-refractivity contribution is 5.84. The molecule has 0 aliphatic heterocycles. The maximum atomic E-state index is 14.1. The van der Waals surface area contributed by atoms with E-state index < -0.39 is 24.0 Å². The number of ether oxygens (including phenoxy) is 3. The Morgan fingerprint density at radius 1 is 1.14 bits per heavy atom. The molecule has 0 fully saturated rings. The number of benzene rings is 2. The molecule has 0 aliphatic carbocycles. The van der Waals surface area contributed by atoms with Crippen LogP contribution in [-0.4, -0.2) is 36.5 Å². The minimum absolute atomic E-state index is 0.0683. The van der Waals surface area contributed by atoms with Crippen molar-refractivity contribution in [3.05, 3.63) is 59.4 Å². The van der Waals surface area contributed by atoms with Gasteiger partial charge < -0.3 is 19.3 Å². The predicted molar refractivity (Wildman–Crippen MR) is 105 cm³/mol. The SMILES string of the molecule is COc1ccc(NC(=O)OCc2cc(CC(OC(C)C)C(=O)O)ccc2F)cc1. The zero-order valence-corrected chi connectivity index (χ0v) is 16.5. The molecule has 0 aliphatic rings. The lowest BCUT2D eigenvalue weighted by atomic mass is 10.0. The number of carboxylic acids is 1. The van der Waals surface area contributed by atoms with Gasteiger partial charge in [-0.15, -0.1) is 0 Å². The molecule has 156 valence electrons. The summed E-state index contributed by atoms with van der Waals surface area (Å²) in [6.07, 6.45) is -1.99. The van der Waals surface area contributed by atoms with Gasteiger partial charge in [-0.05, 0) is 55.8 Å². The van der Waals surface area contributed by atoms with Gasteiger partial charge in [0.05, 0.1) is 13.2 Å². The molecule has 1 atom stereocenters. The van der Waals surface area contributed by atoms with E-state index in [9.17, 15) is 19.1 Å². The van der Waals surface area contributed by atoms with Crippen LogP contribution in [0, 0.1) is 5.82 Å². The smallest absolute Gasteiger partial charge is 0.411 e. The van der Waals surface area contributed by atoms with E-state index in [0.29, 0.717) is 17.0 Å². The highest BCUT2D eigenvalue weighted by Gasteiger charge is 2.21. The molecular weight excluding hydrogens is 381 g/mol. The van der Waals surface area contributed by atoms with E-state index in [4.69, 9.17) is 14.2 Å². The summed E-state index contributed by atoms with van der Waals surface area (Å²) in [5, 5.41) is 11.8. The summed E-state index contributed by atoms with van der Waals surface area (Å²) in [7, 11) is 1.53. The molecule has 0 radical (unpaired) electrons. The topological polar surface area (TPSA) is 94.1 Å². The summed E-state index contributed by atoms with van der Waals surface area (Å²) in [4.78, 5) is 23.3. The van der Waals surface area contributed by atoms with Gasteiger partial charge in [-0.1, -0.05) is 6.07 Å². The standard InChI is InChI=1S/C21H24FNO6/c1-13(2)29-19(20(24)25)11-14-4-9-18(22)15(10-14)12-28-21(26)23-16-5-7-17(27-3)8-6-16/h4-10,13,19H,11-12H2,1-3H3,(H,23,26)(H,24,25). The first kappa shape index (κ1) is 22.2. The molecule has 2 N–H and O–H groups in total. The first-order valence-electron chi connectivity index (χ1n) is 9.02. The van der Waals surface area contributed by atoms with E-state index in [1.165, 1.54) is 25.3 Å². The van der Waals surface area contributed by atoms with Crippen LogP contribution in [0.5, 0.6) is 5.75 Å². The number of halogens is 1. The molecule has 2 aromatic rings. The third kappa shape index (κ3) is 7.08. The first-order valence-corrected chi connectivity index (χ1v) is 9.02. The molecule has 0 aromatic heterocycles. The predicted octanol–water partition coefficient (Wildman–Crippen LogP) is 4.00. The Hall–Kier alpha value is -3.13. The number of hydrogen-bond donors (Lipinski definition) is 2. The fourth-order valence-corrected chi connectivity index (χ4v) is 2.57. The van der Waals surface area contributed by atoms with Crippen LogP contribution < -0.4 is 10.1 Å². The van der Waals surface area contributed by atoms with Crippen molar-refractivity contribution in [1.82, 2.24) is 0 Å². The van der Waals surface area contributed by atoms with Gasteiger partial charge in [0.1, 0.15) is 18.2 Å². The van der Waals surface area contributed by atoms with E-state index in [-0.39, 0.29) is 24.7 Å². The highest BCUT2D eigenvalue weighted by atomic mass is 19.1. The van der Waals surface area contributed by atoms with E-state index in [1.807, 2.05) is 0 Å². The number of amides is 1. The van der Waals surface area contributed by atoms with Gasteiger partial charge in [0, 0.05) is 17.7 Å². The van der Waals surface area contributed by atoms with Crippen LogP contribution in [0.4, 0.5) is 14.9 Å². The fourth-order valence-electron chi connectivity index (χ4n) is 2.57. The van der Waals surface area contributed by atoms with Crippen molar-refractivity contribution in [2.45, 2.75) is 39.1 Å². The highest BCUT2D eigenvalue weighted by Crippen LogP contribution is 2.17. The van der Waals surface area contributed by atoms with Crippen molar-refractivity contribution in [2.75, 3.05) is 12.4 Å². The van der Waals surface area contributed by atoms with E-state index in [0.717, 1.165) is 0 Å². The number of anilines is 1. The number of methoxy groups -OCH3 is 1. The van der Waals surface area contributed by atoms with Crippen LogP contribution in [0.15, 0.2) is 42.5 Å². The Balaban J connectivity index is 1.98. The molecule has 2 rings (SSSR count). The van der Waals surface area contributed by atoms with Crippen molar-refractivity contribution in [3.63, 3.8) is 0 Å². The van der Waals surface area contributed by atoms with Gasteiger partial charge in [0.15, 0.2) is 6.10 Å². The third-order valence-electron chi connectivity index (χ3n) is 3.94. The van der Waals surface area contributed by atoms with Crippen LogP contribution >= 0.6 is 0 Å². The molecule has 8 heteroatoms. The molecule has 1 unspecified atom stereocenters. The molecule has 0 saturated carbocycles. The Morgan fingerprint density at radius 3 is 2.41 bits per heavy atom. The van der Waals surface area contributed by atoms with Gasteiger partial charge in [0.25, 0.3) is 0 Å². The average Bonchev–Trinajstić information content (AvgIpc) is 2.68. The van der Waals surface area contributed by atoms with E-state index >= 15 is 0 Å². The number of rotatable bonds is 9. The van der Waals surface area contributed by atoms with Crippen molar-refractivity contribution < 1.29 is 33.3 Å². The average molecular weight is 405 g/mol. The van der Waals surface area contributed by atoms with E-state index in [1.54, 1.807) is 38.1 Å². The molecule has 0 saturated heterocycles. The maximum absolute atomic E-state index is 14.1. The number of nitrogens with one attached hydrogen (secondary N) is 1. The van der Waals surface area contributed by atoms with Crippen LogP contribution in [0.25, 0.3) is 0 Å². The van der Waals surface area contributed by atoms with Crippen molar-refractivity contribution >= 4 is 17.7 Å². The lowest BCUT2D eigenvalue weighted by molar-refractivity contribution is -0.153. The van der Waals surface area contributed by atoms with Crippen LogP contribution in [-0.2, 0) is 27.3 Å². The summed E-state index contributed by atoms with van der Waals surface area (Å²) in [6, 6.07) is 10.8. The van der Waals surface area contributed by atoms with Crippen molar-refractivity contribution in [3.8, 4) is 5.75 Å². The van der Waals surface area contributed by atoms with Crippen LogP contribution in [0.2, 0.25) is 0 Å². The number of aliphatic carboxylic acids is 1. The lowest BCUT2D eigenvalue weighted by Crippen LogP contribution is -2.29. The Bertz CT molecular complexity index is 838. The van der Waals surface area contributed by atoms with Crippen LogP contribution in [0.1, 0.15) is 25.0 Å². The molecule has 1 amide bonds. The normalized spacial score (nSPS) is 11.8. The Morgan fingerprint density at radius 2 is 1.83 bits per heavy atom. The largest absolute Gasteiger partial charge is 0.497 e. The second kappa shape index (κ2) is 10.4. The number of hydrogen-bond acceptors (Lipinski definition) is 5. The monoisotopic (exact) mass is 405 g/mol. The van der Waals surface area contributed by atoms with Crippen molar-refractivity contribution in [2.24, 2.45) is 0 Å². The Labute approximate surface area is 168 Å². The lowest BCUT2D eigenvalue weighted by Gasteiger charge is -2.17. The minimum atomic E-state index is -1.10. The number of carboxylic acid groups (broad SMARTS) is 1. The summed E-state index contributed by atoms with van der Waals surface area (Å²) < 4.78 is 29.5. The molecule has 2 aromatic carbocycles. The minimum Gasteiger partial charge on any atom is -0.497 e. The molecule has 0 heterocycles. The molecule has 7 nitrogen and oxygen atoms in total. The van der Waals surface area contributed by atoms with E-state index in [2.05, 4.69) is 5.32 Å². The summed E-state index contributed by atoms with van der Waals surface area (Å²) >= 11 is 0. The van der Waals surface area contributed by atoms with Crippen molar-refractivity contribution in [1.29, 1.82) is 0 Å². The number of carbonyl (C=O) groups excluding carboxylic acids is 1. The van der Waals surface area contributed by atoms with Gasteiger partial charge in [-0.25, -0.2) is 14.0 Å². The van der Waals surface area contributed by atoms with Gasteiger partial charge >= 0.3 is 12.1 Å². The Kier molecular flexibility index (Phi) is 7.97. The number of carbonyl (C=O) groups is 2. The van der Waals surface area contributed by atoms with Gasteiger partial charge in [-0.2, -0.15) is 0 Å². The molecular formula is C21H24FNO6. The second-order valence-electron chi connectivity index (χ2n) is 6.57. The molecule has 0 bridgehead atoms. The summed E-state index contributed by atoms with van der Waals surface area (Å²) in [6.45, 7) is 3.17. The third-order valence-corrected chi connectivity index (χ3v) is 3.94. The first-order chi connectivity index (χ1) is 13.8. The molecule has 0 spiro atoms. The summed E-state index contributed by atoms with van der Waals surface area (Å²) in [5.74, 6) is -1.01. The zero-order valence-electron chi connectivity index (χ0n) is 16.5. The van der Waals surface area contributed by atoms with Gasteiger partial charge in [0.2, 0.25) is 0 Å². The van der Waals surface area contributed by atoms with Crippen LogP contribution in [0.3, 0.4) is 0 Å². The quantitative estimate of drug-likeness (QED) is 0.655. The van der Waals surface area contributed by atoms with Gasteiger partial charge in [-0.3, -0.25) is 5.32 Å². The zero-order chi connectivity index (χ0) is 21.4. The fraction of sp³-hybridized carbons (Fsp3) is 0.333. The summed E-state index contributed by atoms with van der Waals surface area (Å²) in [5.41, 5.74) is 1.20. The second-order valence-corrected chi connectivity index (χ2v) is 6.57.